The number of rotatable bonds is 38. The molecule has 2 atom stereocenters. The van der Waals surface area contributed by atoms with Crippen LogP contribution >= 0.6 is 7.82 Å². The quantitative estimate of drug-likeness (QED) is 0.0156. The summed E-state index contributed by atoms with van der Waals surface area (Å²) in [6.07, 6.45) is 51.0. The molecule has 0 aromatic heterocycles. The first-order valence-corrected chi connectivity index (χ1v) is 22.6. The van der Waals surface area contributed by atoms with Crippen LogP contribution in [0.25, 0.3) is 0 Å². The van der Waals surface area contributed by atoms with Gasteiger partial charge < -0.3 is 20.1 Å². The third-order valence-corrected chi connectivity index (χ3v) is 9.36. The minimum Gasteiger partial charge on any atom is -0.462 e. The van der Waals surface area contributed by atoms with Crippen LogP contribution < -0.4 is 5.73 Å². The Hall–Kier alpha value is -2.81. The number of carbonyl (C=O) groups is 2. The van der Waals surface area contributed by atoms with Crippen molar-refractivity contribution in [1.82, 2.24) is 0 Å². The van der Waals surface area contributed by atoms with Crippen molar-refractivity contribution in [3.63, 3.8) is 0 Å². The van der Waals surface area contributed by atoms with Crippen LogP contribution in [0.2, 0.25) is 0 Å². The van der Waals surface area contributed by atoms with Crippen molar-refractivity contribution in [3.05, 3.63) is 85.1 Å². The fourth-order valence-corrected chi connectivity index (χ4v) is 6.04. The van der Waals surface area contributed by atoms with E-state index in [2.05, 4.69) is 74.6 Å². The van der Waals surface area contributed by atoms with Gasteiger partial charge in [-0.1, -0.05) is 163 Å². The highest BCUT2D eigenvalue weighted by Crippen LogP contribution is 2.43. The van der Waals surface area contributed by atoms with E-state index in [0.29, 0.717) is 6.42 Å². The highest BCUT2D eigenvalue weighted by Gasteiger charge is 2.25. The molecule has 0 bridgehead atoms. The molecule has 314 valence electrons. The molecule has 1 unspecified atom stereocenters. The predicted molar refractivity (Wildman–Crippen MR) is 229 cm³/mol. The van der Waals surface area contributed by atoms with Crippen LogP contribution in [0.4, 0.5) is 0 Å². The van der Waals surface area contributed by atoms with Crippen molar-refractivity contribution in [2.75, 3.05) is 26.4 Å². The van der Waals surface area contributed by atoms with E-state index < -0.39 is 32.5 Å². The average Bonchev–Trinajstić information content (AvgIpc) is 3.17. The third kappa shape index (κ3) is 40.7. The lowest BCUT2D eigenvalue weighted by Gasteiger charge is -2.19. The molecule has 0 heterocycles. The van der Waals surface area contributed by atoms with Gasteiger partial charge in [-0.2, -0.15) is 0 Å². The molecule has 0 saturated heterocycles. The molecule has 0 amide bonds. The summed E-state index contributed by atoms with van der Waals surface area (Å²) in [6, 6.07) is 0. The van der Waals surface area contributed by atoms with E-state index in [-0.39, 0.29) is 26.2 Å². The Morgan fingerprint density at radius 3 is 1.69 bits per heavy atom. The molecular formula is C45H76NO8P. The Labute approximate surface area is 334 Å². The summed E-state index contributed by atoms with van der Waals surface area (Å²) in [4.78, 5) is 34.7. The number of hydrogen-bond donors (Lipinski definition) is 2. The van der Waals surface area contributed by atoms with E-state index in [4.69, 9.17) is 24.3 Å². The van der Waals surface area contributed by atoms with Gasteiger partial charge in [0.25, 0.3) is 0 Å². The van der Waals surface area contributed by atoms with Crippen molar-refractivity contribution in [2.24, 2.45) is 5.73 Å². The Balaban J connectivity index is 4.34. The predicted octanol–water partition coefficient (Wildman–Crippen LogP) is 12.0. The lowest BCUT2D eigenvalue weighted by atomic mass is 10.1. The number of phosphoric acid groups is 1. The van der Waals surface area contributed by atoms with E-state index in [1.807, 2.05) is 6.08 Å². The maximum absolute atomic E-state index is 12.5. The summed E-state index contributed by atoms with van der Waals surface area (Å²) in [7, 11) is -4.41. The van der Waals surface area contributed by atoms with Gasteiger partial charge >= 0.3 is 19.8 Å². The normalized spacial score (nSPS) is 14.2. The lowest BCUT2D eigenvalue weighted by molar-refractivity contribution is -0.157. The summed E-state index contributed by atoms with van der Waals surface area (Å²) >= 11 is 0. The number of carbonyl (C=O) groups excluding carboxylic acids is 2. The molecule has 9 nitrogen and oxygen atoms in total. The first-order valence-electron chi connectivity index (χ1n) is 21.1. The Bertz CT molecular complexity index is 1170. The first kappa shape index (κ1) is 52.2. The van der Waals surface area contributed by atoms with Gasteiger partial charge in [-0.05, 0) is 64.2 Å². The molecule has 0 aromatic carbocycles. The molecular weight excluding hydrogens is 713 g/mol. The van der Waals surface area contributed by atoms with Crippen molar-refractivity contribution in [1.29, 1.82) is 0 Å². The van der Waals surface area contributed by atoms with Crippen LogP contribution in [-0.2, 0) is 32.7 Å². The fraction of sp³-hybridized carbons (Fsp3) is 0.644. The van der Waals surface area contributed by atoms with Crippen LogP contribution in [0, 0.1) is 0 Å². The molecule has 0 aromatic rings. The molecule has 55 heavy (non-hydrogen) atoms. The summed E-state index contributed by atoms with van der Waals surface area (Å²) in [6.45, 7) is 3.43. The van der Waals surface area contributed by atoms with Gasteiger partial charge in [0.05, 0.1) is 13.2 Å². The summed E-state index contributed by atoms with van der Waals surface area (Å²) < 4.78 is 32.5. The molecule has 0 saturated carbocycles. The van der Waals surface area contributed by atoms with Crippen LogP contribution in [-0.4, -0.2) is 49.3 Å². The zero-order valence-electron chi connectivity index (χ0n) is 34.4. The van der Waals surface area contributed by atoms with Crippen LogP contribution in [0.5, 0.6) is 0 Å². The second-order valence-corrected chi connectivity index (χ2v) is 15.0. The monoisotopic (exact) mass is 790 g/mol. The van der Waals surface area contributed by atoms with Gasteiger partial charge in [-0.3, -0.25) is 13.8 Å². The minimum absolute atomic E-state index is 0.0316. The molecule has 10 heteroatoms. The number of esters is 2. The zero-order chi connectivity index (χ0) is 40.3. The van der Waals surface area contributed by atoms with Crippen molar-refractivity contribution >= 4 is 19.8 Å². The standard InChI is InChI=1S/C45H76NO8P/c1-3-5-7-9-11-13-15-17-19-20-21-22-24-25-27-29-31-33-35-37-44(47)51-41-43(42-53-55(49,50)52-40-39-46)54-45(48)38-36-34-32-30-28-26-23-18-16-14-12-10-8-6-4-2/h5,7,11,13,17,19,21-22,25,27,32,34,36,38,43H,3-4,6,8-10,12,14-16,18,20,23-24,26,28-31,33,35,37,39-42,46H2,1-2H3,(H,49,50)/b7-5+,13-11+,19-17+,22-21+,27-25+,34-32+,38-36+/t43-/m1/s1. The SMILES string of the molecule is CC/C=C/C/C=C/C/C=C/C/C=C/C/C=C/CCCCCC(=O)OC[C@H](COP(=O)(O)OCCN)OC(=O)/C=C/C=C/CCCCCCCCCCCCC. The highest BCUT2D eigenvalue weighted by atomic mass is 31.2. The summed E-state index contributed by atoms with van der Waals surface area (Å²) in [5, 5.41) is 0. The second-order valence-electron chi connectivity index (χ2n) is 13.5. The average molecular weight is 790 g/mol. The number of unbranched alkanes of at least 4 members (excludes halogenated alkanes) is 14. The number of ether oxygens (including phenoxy) is 2. The largest absolute Gasteiger partial charge is 0.472 e. The summed E-state index contributed by atoms with van der Waals surface area (Å²) in [5.41, 5.74) is 5.33. The van der Waals surface area contributed by atoms with Gasteiger partial charge in [0, 0.05) is 19.0 Å². The van der Waals surface area contributed by atoms with E-state index in [9.17, 15) is 19.0 Å². The number of nitrogens with two attached hydrogens (primary N) is 1. The molecule has 0 aliphatic carbocycles. The van der Waals surface area contributed by atoms with Crippen molar-refractivity contribution < 1.29 is 37.6 Å². The molecule has 3 N–H and O–H groups in total. The van der Waals surface area contributed by atoms with Crippen LogP contribution in [0.3, 0.4) is 0 Å². The van der Waals surface area contributed by atoms with Gasteiger partial charge in [-0.15, -0.1) is 0 Å². The third-order valence-electron chi connectivity index (χ3n) is 8.37. The van der Waals surface area contributed by atoms with E-state index in [1.54, 1.807) is 12.2 Å². The molecule has 0 spiro atoms. The summed E-state index contributed by atoms with van der Waals surface area (Å²) in [5.74, 6) is -1.13. The number of allylic oxidation sites excluding steroid dienone is 13. The van der Waals surface area contributed by atoms with Gasteiger partial charge in [0.15, 0.2) is 6.10 Å². The zero-order valence-corrected chi connectivity index (χ0v) is 35.3. The Morgan fingerprint density at radius 2 is 1.13 bits per heavy atom. The number of phosphoric ester groups is 1. The highest BCUT2D eigenvalue weighted by molar-refractivity contribution is 7.47. The number of hydrogen-bond acceptors (Lipinski definition) is 8. The minimum atomic E-state index is -4.41. The smallest absolute Gasteiger partial charge is 0.462 e. The van der Waals surface area contributed by atoms with Crippen LogP contribution in [0.15, 0.2) is 85.1 Å². The van der Waals surface area contributed by atoms with Crippen LogP contribution in [0.1, 0.15) is 155 Å². The van der Waals surface area contributed by atoms with Gasteiger partial charge in [0.2, 0.25) is 0 Å². The molecule has 0 aliphatic heterocycles. The Morgan fingerprint density at radius 1 is 0.618 bits per heavy atom. The van der Waals surface area contributed by atoms with Crippen molar-refractivity contribution in [3.8, 4) is 0 Å². The maximum Gasteiger partial charge on any atom is 0.472 e. The molecule has 0 radical (unpaired) electrons. The van der Waals surface area contributed by atoms with Crippen molar-refractivity contribution in [2.45, 2.75) is 161 Å². The molecule has 0 aliphatic rings. The van der Waals surface area contributed by atoms with E-state index in [1.165, 1.54) is 70.3 Å². The van der Waals surface area contributed by atoms with E-state index in [0.717, 1.165) is 64.2 Å². The van der Waals surface area contributed by atoms with Gasteiger partial charge in [0.1, 0.15) is 6.61 Å². The molecule has 0 fully saturated rings. The fourth-order valence-electron chi connectivity index (χ4n) is 5.27. The first-order chi connectivity index (χ1) is 26.8. The molecule has 0 rings (SSSR count). The second kappa shape index (κ2) is 40.8. The lowest BCUT2D eigenvalue weighted by Crippen LogP contribution is -2.29. The van der Waals surface area contributed by atoms with E-state index >= 15 is 0 Å². The maximum atomic E-state index is 12.5. The Kier molecular flexibility index (Phi) is 38.8. The topological polar surface area (TPSA) is 134 Å². The van der Waals surface area contributed by atoms with Gasteiger partial charge in [-0.25, -0.2) is 9.36 Å².